The van der Waals surface area contributed by atoms with Crippen LogP contribution in [0.5, 0.6) is 0 Å². The number of carbonyl (C=O) groups is 10. The number of aliphatic hydroxyl groups is 2. The summed E-state index contributed by atoms with van der Waals surface area (Å²) >= 11 is 0. The molecule has 26 nitrogen and oxygen atoms in total. The van der Waals surface area contributed by atoms with E-state index >= 15 is 0 Å². The summed E-state index contributed by atoms with van der Waals surface area (Å²) in [5, 5.41) is 28.6. The molecule has 0 saturated carbocycles. The molecule has 0 bridgehead atoms. The second-order valence-electron chi connectivity index (χ2n) is 17.1. The number of ether oxygens (including phenoxy) is 2. The molecule has 3 saturated heterocycles. The largest absolute Gasteiger partial charge is 0.462 e. The molecule has 0 aliphatic carbocycles. The van der Waals surface area contributed by atoms with Crippen LogP contribution in [0.25, 0.3) is 0 Å². The molecule has 8 amide bonds. The number of hydrazine groups is 2. The topological polar surface area (TPSA) is 349 Å². The molecule has 3 aliphatic heterocycles. The number of likely N-dealkylation sites (N-methyl/N-ethyl adjacent to an activating group) is 4. The van der Waals surface area contributed by atoms with Gasteiger partial charge in [0, 0.05) is 41.3 Å². The van der Waals surface area contributed by atoms with Gasteiger partial charge >= 0.3 is 11.9 Å². The van der Waals surface area contributed by atoms with Crippen molar-refractivity contribution in [3.63, 3.8) is 0 Å². The Hall–Kier alpha value is -5.54. The van der Waals surface area contributed by atoms with Crippen LogP contribution < -0.4 is 33.0 Å². The summed E-state index contributed by atoms with van der Waals surface area (Å²) in [5.41, 5.74) is 13.9. The van der Waals surface area contributed by atoms with Crippen LogP contribution in [-0.2, 0) is 57.4 Å². The van der Waals surface area contributed by atoms with Gasteiger partial charge in [0.1, 0.15) is 37.4 Å². The molecular formula is C38H64N12O14. The third-order valence-electron chi connectivity index (χ3n) is 10.8. The van der Waals surface area contributed by atoms with E-state index in [-0.39, 0.29) is 25.9 Å². The van der Waals surface area contributed by atoms with Crippen molar-refractivity contribution in [1.29, 1.82) is 0 Å². The van der Waals surface area contributed by atoms with Crippen molar-refractivity contribution >= 4 is 59.2 Å². The van der Waals surface area contributed by atoms with E-state index in [4.69, 9.17) is 20.9 Å². The van der Waals surface area contributed by atoms with Gasteiger partial charge < -0.3 is 61.4 Å². The number of amides is 8. The van der Waals surface area contributed by atoms with Crippen molar-refractivity contribution in [3.05, 3.63) is 0 Å². The van der Waals surface area contributed by atoms with Crippen LogP contribution in [0.4, 0.5) is 0 Å². The maximum absolute atomic E-state index is 13.5. The van der Waals surface area contributed by atoms with Crippen LogP contribution in [0.2, 0.25) is 0 Å². The Bertz CT molecular complexity index is 1660. The highest BCUT2D eigenvalue weighted by Crippen LogP contribution is 2.20. The zero-order valence-corrected chi connectivity index (χ0v) is 37.6. The summed E-state index contributed by atoms with van der Waals surface area (Å²) < 4.78 is 10.6. The number of carbonyl (C=O) groups excluding carboxylic acids is 10. The molecular weight excluding hydrogens is 848 g/mol. The van der Waals surface area contributed by atoms with Gasteiger partial charge in [-0.15, -0.1) is 0 Å². The highest BCUT2D eigenvalue weighted by Gasteiger charge is 2.44. The number of hydrogen-bond donors (Lipinski definition) is 8. The van der Waals surface area contributed by atoms with Gasteiger partial charge in [0.25, 0.3) is 11.8 Å². The number of hydrogen-bond acceptors (Lipinski definition) is 18. The highest BCUT2D eigenvalue weighted by atomic mass is 16.5. The fourth-order valence-corrected chi connectivity index (χ4v) is 7.19. The number of rotatable bonds is 2. The second kappa shape index (κ2) is 22.4. The van der Waals surface area contributed by atoms with Crippen LogP contribution in [0, 0.1) is 0 Å². The summed E-state index contributed by atoms with van der Waals surface area (Å²) in [6.07, 6.45) is 1.16. The van der Waals surface area contributed by atoms with E-state index in [9.17, 15) is 58.2 Å². The summed E-state index contributed by atoms with van der Waals surface area (Å²) in [6.45, 7) is 1.44. The van der Waals surface area contributed by atoms with Gasteiger partial charge in [-0.3, -0.25) is 48.4 Å². The first kappa shape index (κ1) is 52.8. The van der Waals surface area contributed by atoms with E-state index < -0.39 is 146 Å². The predicted molar refractivity (Wildman–Crippen MR) is 221 cm³/mol. The molecule has 0 unspecified atom stereocenters. The van der Waals surface area contributed by atoms with Crippen molar-refractivity contribution in [2.24, 2.45) is 11.5 Å². The SMILES string of the molecule is CN1CC(=O)N(C)[C@@H](C(C)(C)O)C(=O)OC[C@@H](N)C(=O)N2NCCC[C@H]2C(=O)NCC(=O)N(C)CC(=O)N(C)[C@@H](C(C)(C)O)C(=O)OC[C@@H](N)C(=O)N2NCCC[C@@H]2C(=O)NCC1=O. The lowest BCUT2D eigenvalue weighted by atomic mass is 9.97. The number of nitrogens with one attached hydrogen (secondary N) is 4. The normalized spacial score (nSPS) is 27.8. The average molecular weight is 913 g/mol. The fourth-order valence-electron chi connectivity index (χ4n) is 7.19. The van der Waals surface area contributed by atoms with E-state index in [1.165, 1.54) is 55.9 Å². The molecule has 0 spiro atoms. The lowest BCUT2D eigenvalue weighted by molar-refractivity contribution is -0.166. The number of fused-ring (bicyclic) bond motifs is 2. The van der Waals surface area contributed by atoms with Crippen molar-refractivity contribution in [3.8, 4) is 0 Å². The number of nitrogens with zero attached hydrogens (tertiary/aromatic N) is 6. The first-order chi connectivity index (χ1) is 29.7. The van der Waals surface area contributed by atoms with Crippen molar-refractivity contribution in [2.75, 3.05) is 80.7 Å². The Morgan fingerprint density at radius 1 is 0.562 bits per heavy atom. The van der Waals surface area contributed by atoms with Crippen LogP contribution >= 0.6 is 0 Å². The van der Waals surface area contributed by atoms with Crippen LogP contribution in [-0.4, -0.2) is 227 Å². The molecule has 3 aliphatic rings. The van der Waals surface area contributed by atoms with Crippen LogP contribution in [0.3, 0.4) is 0 Å². The quantitative estimate of drug-likeness (QED) is 0.119. The number of esters is 2. The summed E-state index contributed by atoms with van der Waals surface area (Å²) in [5.74, 6) is -8.72. The van der Waals surface area contributed by atoms with E-state index in [0.29, 0.717) is 12.8 Å². The van der Waals surface area contributed by atoms with Gasteiger partial charge in [-0.05, 0) is 53.4 Å². The number of nitrogens with two attached hydrogens (primary N) is 2. The van der Waals surface area contributed by atoms with Gasteiger partial charge in [-0.25, -0.2) is 20.4 Å². The molecule has 360 valence electrons. The minimum absolute atomic E-state index is 0.143. The molecule has 0 radical (unpaired) electrons. The molecule has 3 fully saturated rings. The minimum atomic E-state index is -1.92. The first-order valence-corrected chi connectivity index (χ1v) is 20.7. The third-order valence-corrected chi connectivity index (χ3v) is 10.8. The van der Waals surface area contributed by atoms with Gasteiger partial charge in [0.15, 0.2) is 12.1 Å². The maximum Gasteiger partial charge on any atom is 0.331 e. The standard InChI is InChI=1S/C38H64N12O14/c1-37(2,61)29-35(59)63-19-21(39)33(57)49-23(11-9-13-43-49)31(55)42-16-26(52)46(6)18-28(54)48(8)30(38(3,4)62)36(60)64-20-22(40)34(58)50-24(12-10-14-44-50)32(56)41-15-25(51)45(5)17-27(53)47(29)7/h21-24,29-30,43-44,61-62H,9-20,39-40H2,1-8H3,(H,41,56)(H,42,55)/t21-,22-,23-,24+,29-,30-/m1/s1. The van der Waals surface area contributed by atoms with E-state index in [1.807, 2.05) is 0 Å². The molecule has 3 heterocycles. The second-order valence-corrected chi connectivity index (χ2v) is 17.1. The lowest BCUT2D eigenvalue weighted by Crippen LogP contribution is -2.63. The molecule has 64 heavy (non-hydrogen) atoms. The van der Waals surface area contributed by atoms with Gasteiger partial charge in [0.2, 0.25) is 35.4 Å². The third kappa shape index (κ3) is 13.7. The van der Waals surface area contributed by atoms with Gasteiger partial charge in [0.05, 0.1) is 37.4 Å². The highest BCUT2D eigenvalue weighted by molar-refractivity contribution is 5.95. The number of cyclic esters (lactones) is 2. The zero-order valence-electron chi connectivity index (χ0n) is 37.6. The molecule has 0 aromatic heterocycles. The Labute approximate surface area is 370 Å². The Morgan fingerprint density at radius 3 is 1.20 bits per heavy atom. The van der Waals surface area contributed by atoms with Crippen LogP contribution in [0.1, 0.15) is 53.4 Å². The molecule has 26 heteroatoms. The Balaban J connectivity index is 1.91. The fraction of sp³-hybridized carbons (Fsp3) is 0.737. The summed E-state index contributed by atoms with van der Waals surface area (Å²) in [6, 6.07) is -8.79. The van der Waals surface area contributed by atoms with Gasteiger partial charge in [-0.1, -0.05) is 0 Å². The van der Waals surface area contributed by atoms with Crippen LogP contribution in [0.15, 0.2) is 0 Å². The smallest absolute Gasteiger partial charge is 0.331 e. The Kier molecular flexibility index (Phi) is 18.5. The Morgan fingerprint density at radius 2 is 0.891 bits per heavy atom. The monoisotopic (exact) mass is 912 g/mol. The van der Waals surface area contributed by atoms with Crippen molar-refractivity contribution in [2.45, 2.75) is 101 Å². The van der Waals surface area contributed by atoms with Crippen molar-refractivity contribution in [1.82, 2.24) is 51.1 Å². The summed E-state index contributed by atoms with van der Waals surface area (Å²) in [4.78, 5) is 137. The van der Waals surface area contributed by atoms with Gasteiger partial charge in [-0.2, -0.15) is 0 Å². The molecule has 10 N–H and O–H groups in total. The van der Waals surface area contributed by atoms with E-state index in [1.54, 1.807) is 0 Å². The lowest BCUT2D eigenvalue weighted by Gasteiger charge is -2.37. The first-order valence-electron chi connectivity index (χ1n) is 20.7. The maximum atomic E-state index is 13.5. The van der Waals surface area contributed by atoms with Crippen molar-refractivity contribution < 1.29 is 67.6 Å². The predicted octanol–water partition coefficient (Wildman–Crippen LogP) is -6.92. The molecule has 0 aromatic carbocycles. The summed E-state index contributed by atoms with van der Waals surface area (Å²) in [7, 11) is 4.87. The average Bonchev–Trinajstić information content (AvgIpc) is 3.23. The van der Waals surface area contributed by atoms with E-state index in [0.717, 1.165) is 29.6 Å². The molecule has 0 aromatic rings. The van der Waals surface area contributed by atoms with E-state index in [2.05, 4.69) is 21.5 Å². The molecule has 3 rings (SSSR count). The zero-order chi connectivity index (χ0) is 48.4. The minimum Gasteiger partial charge on any atom is -0.462 e. The molecule has 6 atom stereocenters.